The van der Waals surface area contributed by atoms with Crippen LogP contribution in [-0.4, -0.2) is 50.4 Å². The second kappa shape index (κ2) is 11.0. The number of rotatable bonds is 9. The summed E-state index contributed by atoms with van der Waals surface area (Å²) in [5.41, 5.74) is 9.68. The number of ether oxygens (including phenoxy) is 1. The van der Waals surface area contributed by atoms with Crippen LogP contribution in [0.2, 0.25) is 18.1 Å². The third-order valence-corrected chi connectivity index (χ3v) is 13.0. The number of benzene rings is 2. The largest absolute Gasteiger partial charge is 0.496 e. The molecule has 2 heterocycles. The van der Waals surface area contributed by atoms with Crippen LogP contribution in [0.25, 0.3) is 10.9 Å². The predicted octanol–water partition coefficient (Wildman–Crippen LogP) is 6.15. The lowest BCUT2D eigenvalue weighted by Gasteiger charge is -2.36. The van der Waals surface area contributed by atoms with Gasteiger partial charge >= 0.3 is 0 Å². The molecule has 7 heteroatoms. The van der Waals surface area contributed by atoms with Crippen LogP contribution in [0.5, 0.6) is 5.75 Å². The van der Waals surface area contributed by atoms with Gasteiger partial charge in [-0.2, -0.15) is 0 Å². The van der Waals surface area contributed by atoms with Crippen LogP contribution in [-0.2, 0) is 17.5 Å². The van der Waals surface area contributed by atoms with Gasteiger partial charge in [-0.3, -0.25) is 4.79 Å². The van der Waals surface area contributed by atoms with Crippen molar-refractivity contribution < 1.29 is 14.0 Å². The lowest BCUT2D eigenvalue weighted by Crippen LogP contribution is -2.40. The molecule has 0 saturated carbocycles. The van der Waals surface area contributed by atoms with Crippen molar-refractivity contribution in [3.8, 4) is 5.75 Å². The SMILES string of the molecule is COc1cccc(CO[Si](C)(C)C(C)(C)C)c1CCN1CCC(n2ccc3ccc(C(N)=O)cc32)CC1. The fourth-order valence-corrected chi connectivity index (χ4v) is 5.96. The number of carbonyl (C=O) groups excluding carboxylic acids is 1. The molecule has 3 aromatic rings. The van der Waals surface area contributed by atoms with Crippen molar-refractivity contribution in [1.82, 2.24) is 9.47 Å². The predicted molar refractivity (Wildman–Crippen MR) is 154 cm³/mol. The number of amides is 1. The van der Waals surface area contributed by atoms with Gasteiger partial charge in [0.15, 0.2) is 8.32 Å². The summed E-state index contributed by atoms with van der Waals surface area (Å²) < 4.78 is 14.7. The number of methoxy groups -OCH3 is 1. The molecule has 6 nitrogen and oxygen atoms in total. The van der Waals surface area contributed by atoms with Crippen LogP contribution < -0.4 is 10.5 Å². The normalized spacial score (nSPS) is 15.8. The van der Waals surface area contributed by atoms with Crippen LogP contribution in [0.3, 0.4) is 0 Å². The minimum Gasteiger partial charge on any atom is -0.496 e. The number of nitrogens with zero attached hydrogens (tertiary/aromatic N) is 2. The summed E-state index contributed by atoms with van der Waals surface area (Å²) in [5.74, 6) is 0.574. The van der Waals surface area contributed by atoms with E-state index < -0.39 is 8.32 Å². The summed E-state index contributed by atoms with van der Waals surface area (Å²) in [5, 5.41) is 1.33. The maximum atomic E-state index is 11.7. The van der Waals surface area contributed by atoms with Crippen LogP contribution >= 0.6 is 0 Å². The molecule has 0 spiro atoms. The average Bonchev–Trinajstić information content (AvgIpc) is 3.29. The molecule has 0 aliphatic carbocycles. The van der Waals surface area contributed by atoms with E-state index in [-0.39, 0.29) is 10.9 Å². The van der Waals surface area contributed by atoms with Crippen molar-refractivity contribution in [2.24, 2.45) is 5.73 Å². The zero-order valence-corrected chi connectivity index (χ0v) is 24.3. The van der Waals surface area contributed by atoms with E-state index in [0.29, 0.717) is 18.2 Å². The number of nitrogens with two attached hydrogens (primary N) is 1. The summed E-state index contributed by atoms with van der Waals surface area (Å²) in [6.45, 7) is 15.2. The van der Waals surface area contributed by atoms with Gasteiger partial charge in [0.05, 0.1) is 13.7 Å². The minimum absolute atomic E-state index is 0.183. The number of hydrogen-bond donors (Lipinski definition) is 1. The first-order valence-electron chi connectivity index (χ1n) is 13.4. The molecule has 0 bridgehead atoms. The number of primary amides is 1. The molecule has 0 unspecified atom stereocenters. The Balaban J connectivity index is 1.40. The second-order valence-corrected chi connectivity index (χ2v) is 16.6. The van der Waals surface area contributed by atoms with E-state index in [1.807, 2.05) is 12.1 Å². The van der Waals surface area contributed by atoms with E-state index >= 15 is 0 Å². The van der Waals surface area contributed by atoms with Gasteiger partial charge in [-0.05, 0) is 72.6 Å². The van der Waals surface area contributed by atoms with E-state index in [4.69, 9.17) is 14.9 Å². The summed E-state index contributed by atoms with van der Waals surface area (Å²) in [6, 6.07) is 14.6. The van der Waals surface area contributed by atoms with E-state index in [2.05, 4.69) is 73.8 Å². The Bertz CT molecular complexity index is 1240. The highest BCUT2D eigenvalue weighted by molar-refractivity contribution is 6.74. The van der Waals surface area contributed by atoms with Gasteiger partial charge in [0.1, 0.15) is 5.75 Å². The van der Waals surface area contributed by atoms with Crippen LogP contribution in [0.4, 0.5) is 0 Å². The Morgan fingerprint density at radius 2 is 1.84 bits per heavy atom. The first kappa shape index (κ1) is 27.4. The Morgan fingerprint density at radius 3 is 2.49 bits per heavy atom. The van der Waals surface area contributed by atoms with E-state index in [9.17, 15) is 4.79 Å². The third-order valence-electron chi connectivity index (χ3n) is 8.48. The number of aromatic nitrogens is 1. The van der Waals surface area contributed by atoms with Gasteiger partial charge in [0.2, 0.25) is 5.91 Å². The number of hydrogen-bond acceptors (Lipinski definition) is 4. The maximum absolute atomic E-state index is 11.7. The van der Waals surface area contributed by atoms with Gasteiger partial charge in [-0.25, -0.2) is 0 Å². The van der Waals surface area contributed by atoms with Crippen molar-refractivity contribution in [3.63, 3.8) is 0 Å². The standard InChI is InChI=1S/C30H43N3O3Si/c1-30(2,3)37(5,6)36-21-24-8-7-9-28(35-4)26(24)15-18-32-16-13-25(14-17-32)33-19-12-22-10-11-23(29(31)34)20-27(22)33/h7-12,19-20,25H,13-18,21H2,1-6H3,(H2,31,34). The Morgan fingerprint density at radius 1 is 1.11 bits per heavy atom. The molecule has 37 heavy (non-hydrogen) atoms. The highest BCUT2D eigenvalue weighted by Crippen LogP contribution is 2.38. The Labute approximate surface area is 222 Å². The quantitative estimate of drug-likeness (QED) is 0.343. The van der Waals surface area contributed by atoms with Gasteiger partial charge in [-0.1, -0.05) is 39.0 Å². The molecule has 1 fully saturated rings. The van der Waals surface area contributed by atoms with E-state index in [0.717, 1.165) is 55.5 Å². The zero-order valence-electron chi connectivity index (χ0n) is 23.3. The second-order valence-electron chi connectivity index (χ2n) is 11.8. The summed E-state index contributed by atoms with van der Waals surface area (Å²) in [7, 11) is -0.0786. The molecule has 1 amide bonds. The van der Waals surface area contributed by atoms with Crippen LogP contribution in [0.1, 0.15) is 61.1 Å². The molecule has 1 saturated heterocycles. The number of carbonyl (C=O) groups is 1. The molecule has 1 aliphatic heterocycles. The van der Waals surface area contributed by atoms with E-state index in [1.165, 1.54) is 11.1 Å². The molecule has 1 aliphatic rings. The zero-order chi connectivity index (χ0) is 26.8. The molecule has 200 valence electrons. The average molecular weight is 522 g/mol. The smallest absolute Gasteiger partial charge is 0.248 e. The highest BCUT2D eigenvalue weighted by Gasteiger charge is 2.37. The monoisotopic (exact) mass is 521 g/mol. The summed E-state index contributed by atoms with van der Waals surface area (Å²) in [6.07, 6.45) is 5.26. The topological polar surface area (TPSA) is 69.7 Å². The van der Waals surface area contributed by atoms with Gasteiger partial charge in [0.25, 0.3) is 0 Å². The lowest BCUT2D eigenvalue weighted by molar-refractivity contribution is 0.100. The Kier molecular flexibility index (Phi) is 8.16. The molecular weight excluding hydrogens is 478 g/mol. The van der Waals surface area contributed by atoms with Gasteiger partial charge < -0.3 is 24.4 Å². The molecule has 1 aromatic heterocycles. The lowest BCUT2D eigenvalue weighted by atomic mass is 10.0. The fraction of sp³-hybridized carbons (Fsp3) is 0.500. The molecule has 2 aromatic carbocycles. The number of fused-ring (bicyclic) bond motifs is 1. The molecular formula is C30H43N3O3Si. The maximum Gasteiger partial charge on any atom is 0.248 e. The van der Waals surface area contributed by atoms with Crippen molar-refractivity contribution in [3.05, 3.63) is 65.4 Å². The van der Waals surface area contributed by atoms with Crippen molar-refractivity contribution in [2.75, 3.05) is 26.7 Å². The van der Waals surface area contributed by atoms with Crippen molar-refractivity contribution in [1.29, 1.82) is 0 Å². The molecule has 0 atom stereocenters. The van der Waals surface area contributed by atoms with Crippen LogP contribution in [0.15, 0.2) is 48.7 Å². The van der Waals surface area contributed by atoms with Gasteiger partial charge in [0, 0.05) is 48.5 Å². The van der Waals surface area contributed by atoms with Crippen LogP contribution in [0, 0.1) is 0 Å². The molecule has 2 N–H and O–H groups in total. The summed E-state index contributed by atoms with van der Waals surface area (Å²) in [4.78, 5) is 14.2. The Hall–Kier alpha value is -2.61. The molecule has 0 radical (unpaired) electrons. The number of piperidine rings is 1. The number of likely N-dealkylation sites (tertiary alicyclic amines) is 1. The first-order chi connectivity index (χ1) is 17.5. The van der Waals surface area contributed by atoms with Gasteiger partial charge in [-0.15, -0.1) is 0 Å². The minimum atomic E-state index is -1.84. The van der Waals surface area contributed by atoms with Crippen molar-refractivity contribution in [2.45, 2.75) is 70.8 Å². The summed E-state index contributed by atoms with van der Waals surface area (Å²) >= 11 is 0. The molecule has 4 rings (SSSR count). The fourth-order valence-electron chi connectivity index (χ4n) is 5.01. The highest BCUT2D eigenvalue weighted by atomic mass is 28.4. The van der Waals surface area contributed by atoms with E-state index in [1.54, 1.807) is 13.2 Å². The van der Waals surface area contributed by atoms with Crippen molar-refractivity contribution >= 4 is 25.1 Å². The first-order valence-corrected chi connectivity index (χ1v) is 16.3. The third kappa shape index (κ3) is 6.11.